The molecule has 1 heterocycles. The van der Waals surface area contributed by atoms with E-state index in [1.54, 1.807) is 0 Å². The molecule has 1 aliphatic heterocycles. The van der Waals surface area contributed by atoms with Gasteiger partial charge in [0.25, 0.3) is 0 Å². The number of nitrogens with two attached hydrogens (primary N) is 1. The molecule has 0 spiro atoms. The third-order valence-corrected chi connectivity index (χ3v) is 2.60. The van der Waals surface area contributed by atoms with E-state index in [0.29, 0.717) is 26.2 Å². The van der Waals surface area contributed by atoms with Gasteiger partial charge in [0.1, 0.15) is 0 Å². The summed E-state index contributed by atoms with van der Waals surface area (Å²) in [5, 5.41) is 0. The number of nitrogens with zero attached hydrogens (tertiary/aromatic N) is 1. The van der Waals surface area contributed by atoms with Gasteiger partial charge >= 0.3 is 6.18 Å². The van der Waals surface area contributed by atoms with Crippen LogP contribution in [0.2, 0.25) is 0 Å². The molecule has 0 aromatic carbocycles. The Morgan fingerprint density at radius 2 is 2.06 bits per heavy atom. The molecular formula is C10H19F3N2O. The molecule has 0 radical (unpaired) electrons. The summed E-state index contributed by atoms with van der Waals surface area (Å²) in [6, 6.07) is 0. The topological polar surface area (TPSA) is 38.5 Å². The summed E-state index contributed by atoms with van der Waals surface area (Å²) in [6.45, 7) is 4.12. The van der Waals surface area contributed by atoms with Crippen molar-refractivity contribution < 1.29 is 17.9 Å². The highest BCUT2D eigenvalue weighted by Gasteiger charge is 2.28. The fourth-order valence-corrected chi connectivity index (χ4v) is 1.96. The van der Waals surface area contributed by atoms with Crippen molar-refractivity contribution in [3.05, 3.63) is 0 Å². The largest absolute Gasteiger partial charge is 0.389 e. The van der Waals surface area contributed by atoms with Crippen LogP contribution in [0.25, 0.3) is 0 Å². The van der Waals surface area contributed by atoms with Crippen LogP contribution in [0.5, 0.6) is 0 Å². The first kappa shape index (κ1) is 13.7. The van der Waals surface area contributed by atoms with Crippen molar-refractivity contribution in [2.24, 2.45) is 5.73 Å². The molecule has 6 heteroatoms. The van der Waals surface area contributed by atoms with Crippen LogP contribution in [0.3, 0.4) is 0 Å². The van der Waals surface area contributed by atoms with Crippen molar-refractivity contribution in [2.45, 2.75) is 38.1 Å². The zero-order chi connectivity index (χ0) is 12.2. The molecule has 16 heavy (non-hydrogen) atoms. The van der Waals surface area contributed by atoms with Gasteiger partial charge in [0, 0.05) is 26.1 Å². The number of ether oxygens (including phenoxy) is 1. The Labute approximate surface area is 93.7 Å². The van der Waals surface area contributed by atoms with Gasteiger partial charge in [0.15, 0.2) is 0 Å². The van der Waals surface area contributed by atoms with E-state index in [-0.39, 0.29) is 18.6 Å². The maximum Gasteiger partial charge on any atom is 0.389 e. The molecule has 0 amide bonds. The summed E-state index contributed by atoms with van der Waals surface area (Å²) in [5.74, 6) is 0. The lowest BCUT2D eigenvalue weighted by Gasteiger charge is -2.36. The highest BCUT2D eigenvalue weighted by molar-refractivity contribution is 4.76. The van der Waals surface area contributed by atoms with Crippen molar-refractivity contribution in [3.63, 3.8) is 0 Å². The predicted molar refractivity (Wildman–Crippen MR) is 55.1 cm³/mol. The molecule has 1 fully saturated rings. The number of morpholine rings is 1. The Morgan fingerprint density at radius 3 is 2.62 bits per heavy atom. The monoisotopic (exact) mass is 240 g/mol. The third kappa shape index (κ3) is 5.14. The van der Waals surface area contributed by atoms with Gasteiger partial charge in [-0.1, -0.05) is 0 Å². The van der Waals surface area contributed by atoms with Gasteiger partial charge in [-0.05, 0) is 19.9 Å². The van der Waals surface area contributed by atoms with E-state index in [1.807, 2.05) is 11.8 Å². The highest BCUT2D eigenvalue weighted by atomic mass is 19.4. The molecule has 2 N–H and O–H groups in total. The van der Waals surface area contributed by atoms with Crippen LogP contribution in [0.1, 0.15) is 19.8 Å². The van der Waals surface area contributed by atoms with Gasteiger partial charge in [0.05, 0.1) is 12.2 Å². The van der Waals surface area contributed by atoms with Crippen molar-refractivity contribution in [1.82, 2.24) is 4.90 Å². The van der Waals surface area contributed by atoms with E-state index in [2.05, 4.69) is 0 Å². The molecule has 1 rings (SSSR count). The zero-order valence-corrected chi connectivity index (χ0v) is 9.46. The zero-order valence-electron chi connectivity index (χ0n) is 9.46. The fraction of sp³-hybridized carbons (Fsp3) is 1.00. The van der Waals surface area contributed by atoms with E-state index in [0.717, 1.165) is 0 Å². The second-order valence-corrected chi connectivity index (χ2v) is 4.28. The van der Waals surface area contributed by atoms with Crippen LogP contribution in [-0.2, 0) is 4.74 Å². The fourth-order valence-electron chi connectivity index (χ4n) is 1.96. The van der Waals surface area contributed by atoms with Crippen LogP contribution in [-0.4, -0.2) is 49.5 Å². The van der Waals surface area contributed by atoms with E-state index >= 15 is 0 Å². The van der Waals surface area contributed by atoms with Crippen LogP contribution < -0.4 is 5.73 Å². The third-order valence-electron chi connectivity index (χ3n) is 2.60. The van der Waals surface area contributed by atoms with Gasteiger partial charge in [-0.3, -0.25) is 4.90 Å². The van der Waals surface area contributed by atoms with Gasteiger partial charge in [-0.15, -0.1) is 0 Å². The average Bonchev–Trinajstić information content (AvgIpc) is 2.14. The Kier molecular flexibility index (Phi) is 5.01. The summed E-state index contributed by atoms with van der Waals surface area (Å²) in [6.07, 6.45) is -4.62. The molecule has 96 valence electrons. The Bertz CT molecular complexity index is 211. The van der Waals surface area contributed by atoms with Gasteiger partial charge in [0.2, 0.25) is 0 Å². The maximum atomic E-state index is 12.0. The Hall–Kier alpha value is -0.330. The normalized spacial score (nSPS) is 28.3. The van der Waals surface area contributed by atoms with Gasteiger partial charge in [-0.25, -0.2) is 0 Å². The number of hydrogen-bond acceptors (Lipinski definition) is 3. The van der Waals surface area contributed by atoms with Crippen molar-refractivity contribution in [2.75, 3.05) is 26.2 Å². The van der Waals surface area contributed by atoms with Crippen LogP contribution in [0.4, 0.5) is 13.2 Å². The quantitative estimate of drug-likeness (QED) is 0.806. The molecule has 2 unspecified atom stereocenters. The van der Waals surface area contributed by atoms with Crippen molar-refractivity contribution in [3.8, 4) is 0 Å². The molecule has 0 saturated carbocycles. The molecular weight excluding hydrogens is 221 g/mol. The van der Waals surface area contributed by atoms with E-state index in [9.17, 15) is 13.2 Å². The van der Waals surface area contributed by atoms with Gasteiger partial charge in [-0.2, -0.15) is 13.2 Å². The van der Waals surface area contributed by atoms with E-state index in [1.165, 1.54) is 0 Å². The Morgan fingerprint density at radius 1 is 1.38 bits per heavy atom. The number of halogens is 3. The molecule has 0 bridgehead atoms. The second kappa shape index (κ2) is 5.84. The SMILES string of the molecule is CC1CN(CCCC(F)(F)F)CC(CN)O1. The first-order valence-electron chi connectivity index (χ1n) is 5.55. The summed E-state index contributed by atoms with van der Waals surface area (Å²) < 4.78 is 41.4. The van der Waals surface area contributed by atoms with E-state index in [4.69, 9.17) is 10.5 Å². The highest BCUT2D eigenvalue weighted by Crippen LogP contribution is 2.22. The summed E-state index contributed by atoms with van der Waals surface area (Å²) >= 11 is 0. The molecule has 0 aliphatic carbocycles. The maximum absolute atomic E-state index is 12.0. The molecule has 2 atom stereocenters. The summed E-state index contributed by atoms with van der Waals surface area (Å²) in [5.41, 5.74) is 5.49. The lowest BCUT2D eigenvalue weighted by atomic mass is 10.2. The minimum absolute atomic E-state index is 0.0466. The smallest absolute Gasteiger partial charge is 0.371 e. The second-order valence-electron chi connectivity index (χ2n) is 4.28. The van der Waals surface area contributed by atoms with Crippen LogP contribution >= 0.6 is 0 Å². The van der Waals surface area contributed by atoms with E-state index < -0.39 is 12.6 Å². The summed E-state index contributed by atoms with van der Waals surface area (Å²) in [7, 11) is 0. The number of hydrogen-bond donors (Lipinski definition) is 1. The lowest BCUT2D eigenvalue weighted by Crippen LogP contribution is -2.49. The molecule has 0 aromatic rings. The number of rotatable bonds is 4. The summed E-state index contributed by atoms with van der Waals surface area (Å²) in [4.78, 5) is 2.00. The Balaban J connectivity index is 2.26. The first-order chi connectivity index (χ1) is 7.40. The average molecular weight is 240 g/mol. The first-order valence-corrected chi connectivity index (χ1v) is 5.55. The van der Waals surface area contributed by atoms with Crippen molar-refractivity contribution >= 4 is 0 Å². The van der Waals surface area contributed by atoms with Gasteiger partial charge < -0.3 is 10.5 Å². The standard InChI is InChI=1S/C10H19F3N2O/c1-8-6-15(7-9(5-14)16-8)4-2-3-10(11,12)13/h8-9H,2-7,14H2,1H3. The van der Waals surface area contributed by atoms with Crippen LogP contribution in [0, 0.1) is 0 Å². The minimum atomic E-state index is -4.05. The molecule has 1 aliphatic rings. The lowest BCUT2D eigenvalue weighted by molar-refractivity contribution is -0.137. The van der Waals surface area contributed by atoms with Crippen molar-refractivity contribution in [1.29, 1.82) is 0 Å². The molecule has 1 saturated heterocycles. The molecule has 3 nitrogen and oxygen atoms in total. The molecule has 0 aromatic heterocycles. The van der Waals surface area contributed by atoms with Crippen LogP contribution in [0.15, 0.2) is 0 Å². The minimum Gasteiger partial charge on any atom is -0.371 e. The predicted octanol–water partition coefficient (Wildman–Crippen LogP) is 1.38. The number of alkyl halides is 3.